The minimum absolute atomic E-state index is 0.718. The summed E-state index contributed by atoms with van der Waals surface area (Å²) in [5.74, 6) is -4.67. The van der Waals surface area contributed by atoms with Crippen molar-refractivity contribution < 1.29 is 23.9 Å². The molecular weight excluding hydrogens is 155 g/mol. The van der Waals surface area contributed by atoms with Crippen LogP contribution in [0.15, 0.2) is 0 Å². The maximum Gasteiger partial charge on any atom is 0.357 e. The zero-order chi connectivity index (χ0) is 9.23. The van der Waals surface area contributed by atoms with E-state index < -0.39 is 23.2 Å². The molecule has 62 valence electrons. The molecule has 0 spiro atoms. The van der Waals surface area contributed by atoms with Crippen molar-refractivity contribution in [2.24, 2.45) is 0 Å². The second-order valence-corrected chi connectivity index (χ2v) is 2.08. The van der Waals surface area contributed by atoms with E-state index in [1.165, 1.54) is 0 Å². The van der Waals surface area contributed by atoms with Crippen LogP contribution in [0.3, 0.4) is 0 Å². The summed E-state index contributed by atoms with van der Waals surface area (Å²) in [5, 5.41) is 8.16. The van der Waals surface area contributed by atoms with Crippen LogP contribution in [0.25, 0.3) is 0 Å². The summed E-state index contributed by atoms with van der Waals surface area (Å²) in [6, 6.07) is 0. The first-order chi connectivity index (χ1) is 4.83. The highest BCUT2D eigenvalue weighted by molar-refractivity contribution is 6.24. The predicted octanol–water partition coefficient (Wildman–Crippen LogP) is -0.0427. The molecular formula is C6H7FO4. The van der Waals surface area contributed by atoms with Crippen molar-refractivity contribution in [3.63, 3.8) is 0 Å². The standard InChI is InChI=1S/C6H7FO4/c1-3(8)6(7,4(2)9)5(10)11/h1-2H3,(H,10,11). The molecule has 0 saturated carbocycles. The zero-order valence-electron chi connectivity index (χ0n) is 6.05. The number of ketones is 2. The highest BCUT2D eigenvalue weighted by Gasteiger charge is 2.49. The van der Waals surface area contributed by atoms with Crippen LogP contribution in [-0.4, -0.2) is 28.3 Å². The van der Waals surface area contributed by atoms with Gasteiger partial charge in [-0.1, -0.05) is 0 Å². The Kier molecular flexibility index (Phi) is 2.46. The van der Waals surface area contributed by atoms with E-state index in [2.05, 4.69) is 0 Å². The van der Waals surface area contributed by atoms with Crippen molar-refractivity contribution in [2.45, 2.75) is 19.5 Å². The highest BCUT2D eigenvalue weighted by atomic mass is 19.1. The van der Waals surface area contributed by atoms with Gasteiger partial charge in [-0.2, -0.15) is 0 Å². The summed E-state index contributed by atoms with van der Waals surface area (Å²) in [6.07, 6.45) is 0. The number of carbonyl (C=O) groups is 3. The molecule has 0 aliphatic carbocycles. The zero-order valence-corrected chi connectivity index (χ0v) is 6.05. The first kappa shape index (κ1) is 9.74. The molecule has 0 aliphatic heterocycles. The van der Waals surface area contributed by atoms with E-state index in [0.717, 1.165) is 13.8 Å². The van der Waals surface area contributed by atoms with Gasteiger partial charge < -0.3 is 5.11 Å². The lowest BCUT2D eigenvalue weighted by molar-refractivity contribution is -0.160. The van der Waals surface area contributed by atoms with E-state index in [9.17, 15) is 18.8 Å². The van der Waals surface area contributed by atoms with Gasteiger partial charge in [0.15, 0.2) is 11.6 Å². The van der Waals surface area contributed by atoms with E-state index in [1.807, 2.05) is 0 Å². The minimum atomic E-state index is -3.36. The van der Waals surface area contributed by atoms with Gasteiger partial charge in [-0.3, -0.25) is 9.59 Å². The van der Waals surface area contributed by atoms with Gasteiger partial charge in [0.25, 0.3) is 0 Å². The Labute approximate surface area is 62.0 Å². The van der Waals surface area contributed by atoms with Crippen LogP contribution >= 0.6 is 0 Å². The number of halogens is 1. The van der Waals surface area contributed by atoms with E-state index in [1.54, 1.807) is 0 Å². The van der Waals surface area contributed by atoms with Gasteiger partial charge in [0.2, 0.25) is 0 Å². The monoisotopic (exact) mass is 162 g/mol. The Hall–Kier alpha value is -1.26. The average molecular weight is 162 g/mol. The minimum Gasteiger partial charge on any atom is -0.478 e. The number of hydrogen-bond acceptors (Lipinski definition) is 3. The third kappa shape index (κ3) is 1.42. The Morgan fingerprint density at radius 1 is 1.18 bits per heavy atom. The molecule has 0 unspecified atom stereocenters. The van der Waals surface area contributed by atoms with Gasteiger partial charge in [-0.25, -0.2) is 9.18 Å². The Bertz CT molecular complexity index is 185. The SMILES string of the molecule is CC(=O)C(F)(C(C)=O)C(=O)O. The lowest BCUT2D eigenvalue weighted by Gasteiger charge is -2.12. The summed E-state index contributed by atoms with van der Waals surface area (Å²) in [4.78, 5) is 30.8. The Morgan fingerprint density at radius 3 is 1.45 bits per heavy atom. The van der Waals surface area contributed by atoms with Crippen LogP contribution in [-0.2, 0) is 14.4 Å². The molecule has 11 heavy (non-hydrogen) atoms. The van der Waals surface area contributed by atoms with Crippen LogP contribution in [0.5, 0.6) is 0 Å². The second kappa shape index (κ2) is 2.77. The van der Waals surface area contributed by atoms with Crippen LogP contribution in [0, 0.1) is 0 Å². The van der Waals surface area contributed by atoms with Crippen molar-refractivity contribution in [3.8, 4) is 0 Å². The second-order valence-electron chi connectivity index (χ2n) is 2.08. The van der Waals surface area contributed by atoms with E-state index in [-0.39, 0.29) is 0 Å². The fourth-order valence-electron chi connectivity index (χ4n) is 0.549. The number of carboxylic acid groups (broad SMARTS) is 1. The maximum absolute atomic E-state index is 12.9. The first-order valence-electron chi connectivity index (χ1n) is 2.77. The van der Waals surface area contributed by atoms with Gasteiger partial charge in [0.05, 0.1) is 0 Å². The highest BCUT2D eigenvalue weighted by Crippen LogP contribution is 2.13. The summed E-state index contributed by atoms with van der Waals surface area (Å²) < 4.78 is 12.9. The van der Waals surface area contributed by atoms with Gasteiger partial charge in [-0.15, -0.1) is 0 Å². The van der Waals surface area contributed by atoms with Crippen LogP contribution in [0.1, 0.15) is 13.8 Å². The number of alkyl halides is 1. The molecule has 0 aliphatic rings. The molecule has 0 saturated heterocycles. The topological polar surface area (TPSA) is 71.4 Å². The van der Waals surface area contributed by atoms with E-state index >= 15 is 0 Å². The van der Waals surface area contributed by atoms with Gasteiger partial charge >= 0.3 is 11.6 Å². The molecule has 0 fully saturated rings. The number of carbonyl (C=O) groups excluding carboxylic acids is 2. The maximum atomic E-state index is 12.9. The summed E-state index contributed by atoms with van der Waals surface area (Å²) >= 11 is 0. The van der Waals surface area contributed by atoms with Crippen LogP contribution < -0.4 is 0 Å². The molecule has 0 aromatic rings. The number of hydrogen-bond donors (Lipinski definition) is 1. The van der Waals surface area contributed by atoms with Crippen molar-refractivity contribution in [2.75, 3.05) is 0 Å². The lowest BCUT2D eigenvalue weighted by Crippen LogP contribution is -2.47. The number of Topliss-reactive ketones (excluding diaryl/α,β-unsaturated/α-hetero) is 2. The molecule has 0 bridgehead atoms. The average Bonchev–Trinajstić information content (AvgIpc) is 1.84. The van der Waals surface area contributed by atoms with Crippen molar-refractivity contribution in [1.82, 2.24) is 0 Å². The molecule has 0 atom stereocenters. The number of rotatable bonds is 3. The van der Waals surface area contributed by atoms with Gasteiger partial charge in [0, 0.05) is 0 Å². The van der Waals surface area contributed by atoms with Crippen molar-refractivity contribution in [3.05, 3.63) is 0 Å². The Balaban J connectivity index is 4.99. The summed E-state index contributed by atoms with van der Waals surface area (Å²) in [6.45, 7) is 1.44. The first-order valence-corrected chi connectivity index (χ1v) is 2.77. The summed E-state index contributed by atoms with van der Waals surface area (Å²) in [5.41, 5.74) is -3.36. The third-order valence-corrected chi connectivity index (χ3v) is 1.26. The Morgan fingerprint density at radius 2 is 1.45 bits per heavy atom. The van der Waals surface area contributed by atoms with Crippen molar-refractivity contribution in [1.29, 1.82) is 0 Å². The molecule has 0 aromatic heterocycles. The van der Waals surface area contributed by atoms with E-state index in [4.69, 9.17) is 5.11 Å². The normalized spacial score (nSPS) is 10.8. The molecule has 0 aromatic carbocycles. The lowest BCUT2D eigenvalue weighted by atomic mass is 9.98. The van der Waals surface area contributed by atoms with Crippen molar-refractivity contribution >= 4 is 17.5 Å². The molecule has 1 N–H and O–H groups in total. The van der Waals surface area contributed by atoms with Gasteiger partial charge in [0.1, 0.15) is 0 Å². The van der Waals surface area contributed by atoms with Gasteiger partial charge in [-0.05, 0) is 13.8 Å². The quantitative estimate of drug-likeness (QED) is 0.591. The largest absolute Gasteiger partial charge is 0.478 e. The molecule has 0 rings (SSSR count). The number of carboxylic acids is 1. The predicted molar refractivity (Wildman–Crippen MR) is 32.8 cm³/mol. The molecule has 0 heterocycles. The van der Waals surface area contributed by atoms with Crippen LogP contribution in [0.4, 0.5) is 4.39 Å². The third-order valence-electron chi connectivity index (χ3n) is 1.26. The smallest absolute Gasteiger partial charge is 0.357 e. The summed E-state index contributed by atoms with van der Waals surface area (Å²) in [7, 11) is 0. The number of aliphatic carboxylic acids is 1. The van der Waals surface area contributed by atoms with E-state index in [0.29, 0.717) is 0 Å². The molecule has 5 heteroatoms. The fourth-order valence-corrected chi connectivity index (χ4v) is 0.549. The molecule has 0 radical (unpaired) electrons. The molecule has 0 amide bonds. The van der Waals surface area contributed by atoms with Crippen LogP contribution in [0.2, 0.25) is 0 Å². The fraction of sp³-hybridized carbons (Fsp3) is 0.500. The molecule has 4 nitrogen and oxygen atoms in total.